The van der Waals surface area contributed by atoms with Crippen molar-refractivity contribution in [3.8, 4) is 0 Å². The second-order valence-electron chi connectivity index (χ2n) is 3.70. The van der Waals surface area contributed by atoms with E-state index in [1.54, 1.807) is 0 Å². The van der Waals surface area contributed by atoms with Gasteiger partial charge in [0.1, 0.15) is 25.4 Å². The molecule has 0 aliphatic heterocycles. The molecular formula is C10H17NO6. The van der Waals surface area contributed by atoms with E-state index in [1.807, 2.05) is 0 Å². The van der Waals surface area contributed by atoms with Crippen molar-refractivity contribution in [3.63, 3.8) is 0 Å². The molecule has 0 aliphatic carbocycles. The zero-order valence-corrected chi connectivity index (χ0v) is 10.1. The predicted molar refractivity (Wildman–Crippen MR) is 56.8 cm³/mol. The van der Waals surface area contributed by atoms with Crippen molar-refractivity contribution in [2.24, 2.45) is 5.73 Å². The SMILES string of the molecule is CC(=O)OCC(N)(COC(C)=O)COC(C)=O. The smallest absolute Gasteiger partial charge is 0.302 e. The normalized spacial score (nSPS) is 10.6. The highest BCUT2D eigenvalue weighted by Crippen LogP contribution is 2.05. The first-order valence-corrected chi connectivity index (χ1v) is 4.94. The third-order valence-corrected chi connectivity index (χ3v) is 1.69. The molecule has 0 aromatic heterocycles. The maximum Gasteiger partial charge on any atom is 0.302 e. The number of carbonyl (C=O) groups is 3. The third kappa shape index (κ3) is 8.21. The van der Waals surface area contributed by atoms with Crippen LogP contribution in [0.3, 0.4) is 0 Å². The molecule has 0 aromatic rings. The Kier molecular flexibility index (Phi) is 6.19. The minimum absolute atomic E-state index is 0.205. The van der Waals surface area contributed by atoms with Crippen molar-refractivity contribution in [2.45, 2.75) is 26.3 Å². The van der Waals surface area contributed by atoms with Gasteiger partial charge in [-0.2, -0.15) is 0 Å². The Balaban J connectivity index is 4.37. The van der Waals surface area contributed by atoms with E-state index in [4.69, 9.17) is 19.9 Å². The summed E-state index contributed by atoms with van der Waals surface area (Å²) in [6.45, 7) is 3.04. The molecule has 0 unspecified atom stereocenters. The molecular weight excluding hydrogens is 230 g/mol. The molecule has 0 radical (unpaired) electrons. The number of carbonyl (C=O) groups excluding carboxylic acids is 3. The van der Waals surface area contributed by atoms with E-state index in [0.29, 0.717) is 0 Å². The lowest BCUT2D eigenvalue weighted by Gasteiger charge is -2.27. The fraction of sp³-hybridized carbons (Fsp3) is 0.700. The zero-order chi connectivity index (χ0) is 13.5. The molecule has 17 heavy (non-hydrogen) atoms. The molecule has 0 aromatic carbocycles. The monoisotopic (exact) mass is 247 g/mol. The minimum Gasteiger partial charge on any atom is -0.464 e. The van der Waals surface area contributed by atoms with Gasteiger partial charge in [-0.15, -0.1) is 0 Å². The Morgan fingerprint density at radius 2 is 1.06 bits per heavy atom. The van der Waals surface area contributed by atoms with Gasteiger partial charge in [-0.05, 0) is 0 Å². The van der Waals surface area contributed by atoms with Gasteiger partial charge in [0.05, 0.1) is 0 Å². The van der Waals surface area contributed by atoms with Crippen LogP contribution in [0.5, 0.6) is 0 Å². The molecule has 0 saturated heterocycles. The average Bonchev–Trinajstić information content (AvgIpc) is 2.21. The Hall–Kier alpha value is -1.63. The summed E-state index contributed by atoms with van der Waals surface area (Å²) < 4.78 is 14.2. The number of hydrogen-bond acceptors (Lipinski definition) is 7. The lowest BCUT2D eigenvalue weighted by atomic mass is 10.1. The highest BCUT2D eigenvalue weighted by Gasteiger charge is 2.30. The van der Waals surface area contributed by atoms with Crippen LogP contribution in [0.1, 0.15) is 20.8 Å². The zero-order valence-electron chi connectivity index (χ0n) is 10.1. The first-order chi connectivity index (χ1) is 7.75. The summed E-state index contributed by atoms with van der Waals surface area (Å²) in [5, 5.41) is 0. The number of hydrogen-bond donors (Lipinski definition) is 1. The van der Waals surface area contributed by atoms with E-state index in [2.05, 4.69) is 0 Å². The van der Waals surface area contributed by atoms with Crippen LogP contribution in [-0.2, 0) is 28.6 Å². The van der Waals surface area contributed by atoms with E-state index < -0.39 is 23.4 Å². The molecule has 0 saturated carbocycles. The summed E-state index contributed by atoms with van der Waals surface area (Å²) in [6.07, 6.45) is 0. The summed E-state index contributed by atoms with van der Waals surface area (Å²) in [5.74, 6) is -1.57. The molecule has 0 atom stereocenters. The van der Waals surface area contributed by atoms with Crippen molar-refractivity contribution in [3.05, 3.63) is 0 Å². The fourth-order valence-corrected chi connectivity index (χ4v) is 0.861. The van der Waals surface area contributed by atoms with Gasteiger partial charge in [0.2, 0.25) is 0 Å². The van der Waals surface area contributed by atoms with Gasteiger partial charge in [0.25, 0.3) is 0 Å². The highest BCUT2D eigenvalue weighted by atomic mass is 16.6. The van der Waals surface area contributed by atoms with E-state index in [9.17, 15) is 14.4 Å². The molecule has 0 aliphatic rings. The van der Waals surface area contributed by atoms with E-state index in [-0.39, 0.29) is 19.8 Å². The van der Waals surface area contributed by atoms with Gasteiger partial charge in [0.15, 0.2) is 0 Å². The van der Waals surface area contributed by atoms with Crippen LogP contribution in [-0.4, -0.2) is 43.3 Å². The Morgan fingerprint density at radius 3 is 1.24 bits per heavy atom. The number of esters is 3. The first-order valence-electron chi connectivity index (χ1n) is 4.94. The third-order valence-electron chi connectivity index (χ3n) is 1.69. The van der Waals surface area contributed by atoms with Crippen molar-refractivity contribution in [1.82, 2.24) is 0 Å². The van der Waals surface area contributed by atoms with Gasteiger partial charge < -0.3 is 19.9 Å². The number of rotatable bonds is 6. The maximum atomic E-state index is 10.7. The lowest BCUT2D eigenvalue weighted by molar-refractivity contribution is -0.152. The van der Waals surface area contributed by atoms with Gasteiger partial charge in [-0.1, -0.05) is 0 Å². The molecule has 0 spiro atoms. The quantitative estimate of drug-likeness (QED) is 0.492. The number of ether oxygens (including phenoxy) is 3. The van der Waals surface area contributed by atoms with E-state index >= 15 is 0 Å². The van der Waals surface area contributed by atoms with Gasteiger partial charge in [0, 0.05) is 20.8 Å². The summed E-state index contributed by atoms with van der Waals surface area (Å²) >= 11 is 0. The van der Waals surface area contributed by atoms with E-state index in [1.165, 1.54) is 20.8 Å². The molecule has 7 heteroatoms. The first kappa shape index (κ1) is 15.4. The minimum atomic E-state index is -1.23. The molecule has 0 rings (SSSR count). The predicted octanol–water partition coefficient (Wildman–Crippen LogP) is -0.627. The molecule has 0 amide bonds. The largest absolute Gasteiger partial charge is 0.464 e. The molecule has 7 nitrogen and oxygen atoms in total. The lowest BCUT2D eigenvalue weighted by Crippen LogP contribution is -2.53. The second-order valence-corrected chi connectivity index (χ2v) is 3.70. The van der Waals surface area contributed by atoms with Crippen molar-refractivity contribution in [1.29, 1.82) is 0 Å². The topological polar surface area (TPSA) is 105 Å². The fourth-order valence-electron chi connectivity index (χ4n) is 0.861. The molecule has 98 valence electrons. The maximum absolute atomic E-state index is 10.7. The van der Waals surface area contributed by atoms with Crippen molar-refractivity contribution in [2.75, 3.05) is 19.8 Å². The van der Waals surface area contributed by atoms with Gasteiger partial charge in [-0.25, -0.2) is 0 Å². The van der Waals surface area contributed by atoms with Crippen LogP contribution in [0.15, 0.2) is 0 Å². The van der Waals surface area contributed by atoms with Crippen molar-refractivity contribution < 1.29 is 28.6 Å². The second kappa shape index (κ2) is 6.85. The van der Waals surface area contributed by atoms with Crippen LogP contribution < -0.4 is 5.73 Å². The van der Waals surface area contributed by atoms with Crippen LogP contribution in [0.25, 0.3) is 0 Å². The molecule has 0 bridgehead atoms. The standard InChI is InChI=1S/C10H17NO6/c1-7(12)15-4-10(11,5-16-8(2)13)6-17-9(3)14/h4-6,11H2,1-3H3. The summed E-state index contributed by atoms with van der Waals surface area (Å²) in [5.41, 5.74) is 4.58. The molecule has 2 N–H and O–H groups in total. The number of nitrogens with two attached hydrogens (primary N) is 1. The highest BCUT2D eigenvalue weighted by molar-refractivity contribution is 5.67. The van der Waals surface area contributed by atoms with E-state index in [0.717, 1.165) is 0 Å². The average molecular weight is 247 g/mol. The summed E-state index contributed by atoms with van der Waals surface area (Å²) in [4.78, 5) is 32.0. The Morgan fingerprint density at radius 1 is 0.824 bits per heavy atom. The summed E-state index contributed by atoms with van der Waals surface area (Å²) in [7, 11) is 0. The van der Waals surface area contributed by atoms with Crippen LogP contribution in [0.2, 0.25) is 0 Å². The van der Waals surface area contributed by atoms with Crippen LogP contribution >= 0.6 is 0 Å². The summed E-state index contributed by atoms with van der Waals surface area (Å²) in [6, 6.07) is 0. The van der Waals surface area contributed by atoms with Crippen LogP contribution in [0.4, 0.5) is 0 Å². The van der Waals surface area contributed by atoms with Gasteiger partial charge in [-0.3, -0.25) is 14.4 Å². The van der Waals surface area contributed by atoms with Crippen molar-refractivity contribution >= 4 is 17.9 Å². The molecule has 0 heterocycles. The Labute approximate surface area is 99.2 Å². The van der Waals surface area contributed by atoms with Gasteiger partial charge >= 0.3 is 17.9 Å². The Bertz CT molecular complexity index is 256. The molecule has 0 fully saturated rings. The van der Waals surface area contributed by atoms with Crippen LogP contribution in [0, 0.1) is 0 Å².